The van der Waals surface area contributed by atoms with Crippen LogP contribution in [0.2, 0.25) is 0 Å². The van der Waals surface area contributed by atoms with Gasteiger partial charge in [0.05, 0.1) is 12.0 Å². The van der Waals surface area contributed by atoms with Gasteiger partial charge in [-0.3, -0.25) is 14.9 Å². The fourth-order valence-electron chi connectivity index (χ4n) is 2.09. The van der Waals surface area contributed by atoms with Gasteiger partial charge in [-0.25, -0.2) is 0 Å². The third-order valence-electron chi connectivity index (χ3n) is 3.31. The lowest BCUT2D eigenvalue weighted by Crippen LogP contribution is -2.31. The van der Waals surface area contributed by atoms with E-state index in [1.54, 1.807) is 30.3 Å². The van der Waals surface area contributed by atoms with Gasteiger partial charge in [-0.15, -0.1) is 0 Å². The first-order chi connectivity index (χ1) is 10.2. The van der Waals surface area contributed by atoms with Crippen molar-refractivity contribution in [2.75, 3.05) is 0 Å². The highest BCUT2D eigenvalue weighted by molar-refractivity contribution is 6.04. The number of unbranched alkanes of at least 4 members (excludes halogenated alkanes) is 3. The molecule has 1 rings (SSSR count). The molecule has 0 spiro atoms. The van der Waals surface area contributed by atoms with Crippen molar-refractivity contribution in [1.29, 1.82) is 5.26 Å². The van der Waals surface area contributed by atoms with E-state index in [2.05, 4.69) is 18.3 Å². The van der Waals surface area contributed by atoms with E-state index >= 15 is 0 Å². The maximum Gasteiger partial charge on any atom is 0.257 e. The van der Waals surface area contributed by atoms with Crippen molar-refractivity contribution in [3.8, 4) is 6.07 Å². The molecule has 21 heavy (non-hydrogen) atoms. The largest absolute Gasteiger partial charge is 0.292 e. The summed E-state index contributed by atoms with van der Waals surface area (Å²) >= 11 is 0. The van der Waals surface area contributed by atoms with E-state index in [1.807, 2.05) is 0 Å². The highest BCUT2D eigenvalue weighted by Gasteiger charge is 2.15. The van der Waals surface area contributed by atoms with Gasteiger partial charge in [0.15, 0.2) is 0 Å². The van der Waals surface area contributed by atoms with Crippen LogP contribution in [0.3, 0.4) is 0 Å². The first-order valence-electron chi connectivity index (χ1n) is 7.46. The van der Waals surface area contributed by atoms with Crippen molar-refractivity contribution in [2.24, 2.45) is 5.92 Å². The smallest absolute Gasteiger partial charge is 0.257 e. The molecule has 0 fully saturated rings. The number of nitrogens with one attached hydrogen (secondary N) is 1. The first kappa shape index (κ1) is 16.9. The van der Waals surface area contributed by atoms with Crippen LogP contribution in [-0.2, 0) is 4.79 Å². The number of imide groups is 1. The van der Waals surface area contributed by atoms with Crippen LogP contribution in [0.1, 0.15) is 55.8 Å². The van der Waals surface area contributed by atoms with E-state index in [9.17, 15) is 9.59 Å². The molecule has 112 valence electrons. The molecule has 0 saturated heterocycles. The van der Waals surface area contributed by atoms with Crippen LogP contribution < -0.4 is 5.32 Å². The fraction of sp³-hybridized carbons (Fsp3) is 0.471. The number of hydrogen-bond donors (Lipinski definition) is 1. The Labute approximate surface area is 126 Å². The maximum atomic E-state index is 11.8. The molecule has 2 amide bonds. The Kier molecular flexibility index (Phi) is 7.81. The molecule has 1 aromatic carbocycles. The Hall–Kier alpha value is -2.15. The molecule has 0 aliphatic heterocycles. The molecule has 4 nitrogen and oxygen atoms in total. The molecule has 0 aromatic heterocycles. The van der Waals surface area contributed by atoms with Crippen molar-refractivity contribution in [3.05, 3.63) is 35.9 Å². The quantitative estimate of drug-likeness (QED) is 0.744. The van der Waals surface area contributed by atoms with E-state index in [4.69, 9.17) is 5.26 Å². The summed E-state index contributed by atoms with van der Waals surface area (Å²) in [6.07, 6.45) is 5.12. The number of nitrogens with zero attached hydrogens (tertiary/aromatic N) is 1. The lowest BCUT2D eigenvalue weighted by atomic mass is 9.98. The van der Waals surface area contributed by atoms with E-state index in [1.165, 1.54) is 0 Å². The maximum absolute atomic E-state index is 11.8. The average Bonchev–Trinajstić information content (AvgIpc) is 2.51. The average molecular weight is 286 g/mol. The molecule has 0 aliphatic carbocycles. The molecule has 0 aliphatic rings. The van der Waals surface area contributed by atoms with E-state index < -0.39 is 5.91 Å². The van der Waals surface area contributed by atoms with Gasteiger partial charge in [-0.1, -0.05) is 50.8 Å². The summed E-state index contributed by atoms with van der Waals surface area (Å²) in [4.78, 5) is 23.6. The van der Waals surface area contributed by atoms with E-state index in [-0.39, 0.29) is 18.2 Å². The standard InChI is InChI=1S/C17H22N2O2/c1-2-3-4-6-9-14(13-18)12-16(20)19-17(21)15-10-7-5-8-11-15/h5,7-8,10-11,14H,2-4,6,9,12H2,1H3,(H,19,20,21). The van der Waals surface area contributed by atoms with Crippen molar-refractivity contribution >= 4 is 11.8 Å². The van der Waals surface area contributed by atoms with Crippen molar-refractivity contribution in [3.63, 3.8) is 0 Å². The zero-order valence-corrected chi connectivity index (χ0v) is 12.5. The number of amides is 2. The van der Waals surface area contributed by atoms with Gasteiger partial charge >= 0.3 is 0 Å². The van der Waals surface area contributed by atoms with Gasteiger partial charge in [-0.05, 0) is 18.6 Å². The van der Waals surface area contributed by atoms with Gasteiger partial charge in [0.2, 0.25) is 5.91 Å². The SMILES string of the molecule is CCCCCCC(C#N)CC(=O)NC(=O)c1ccccc1. The number of nitriles is 1. The lowest BCUT2D eigenvalue weighted by molar-refractivity contribution is -0.120. The molecule has 0 saturated carbocycles. The molecule has 1 unspecified atom stereocenters. The summed E-state index contributed by atoms with van der Waals surface area (Å²) in [7, 11) is 0. The highest BCUT2D eigenvalue weighted by atomic mass is 16.2. The van der Waals surface area contributed by atoms with Gasteiger partial charge in [-0.2, -0.15) is 5.26 Å². The van der Waals surface area contributed by atoms with Crippen LogP contribution in [0.5, 0.6) is 0 Å². The number of carbonyl (C=O) groups excluding carboxylic acids is 2. The predicted octanol–water partition coefficient (Wildman–Crippen LogP) is 3.44. The molecule has 1 aromatic rings. The minimum Gasteiger partial charge on any atom is -0.292 e. The second-order valence-corrected chi connectivity index (χ2v) is 5.12. The highest BCUT2D eigenvalue weighted by Crippen LogP contribution is 2.13. The molecular formula is C17H22N2O2. The number of benzene rings is 1. The van der Waals surface area contributed by atoms with Crippen LogP contribution >= 0.6 is 0 Å². The summed E-state index contributed by atoms with van der Waals surface area (Å²) in [5, 5.41) is 11.4. The minimum absolute atomic E-state index is 0.0845. The van der Waals surface area contributed by atoms with Crippen molar-refractivity contribution < 1.29 is 9.59 Å². The molecule has 0 heterocycles. The summed E-state index contributed by atoms with van der Waals surface area (Å²) in [6, 6.07) is 10.7. The molecule has 1 atom stereocenters. The zero-order chi connectivity index (χ0) is 15.5. The van der Waals surface area contributed by atoms with Crippen molar-refractivity contribution in [2.45, 2.75) is 45.4 Å². The molecular weight excluding hydrogens is 264 g/mol. The summed E-state index contributed by atoms with van der Waals surface area (Å²) < 4.78 is 0. The molecule has 0 radical (unpaired) electrons. The van der Waals surface area contributed by atoms with Gasteiger partial charge in [0, 0.05) is 12.0 Å². The zero-order valence-electron chi connectivity index (χ0n) is 12.5. The van der Waals surface area contributed by atoms with Gasteiger partial charge < -0.3 is 0 Å². The number of rotatable bonds is 8. The van der Waals surface area contributed by atoms with Crippen LogP contribution in [0.15, 0.2) is 30.3 Å². The predicted molar refractivity (Wildman–Crippen MR) is 81.4 cm³/mol. The number of carbonyl (C=O) groups is 2. The Bertz CT molecular complexity index is 491. The molecule has 1 N–H and O–H groups in total. The molecule has 0 bridgehead atoms. The normalized spacial score (nSPS) is 11.4. The van der Waals surface area contributed by atoms with Gasteiger partial charge in [0.1, 0.15) is 0 Å². The minimum atomic E-state index is -0.414. The topological polar surface area (TPSA) is 70.0 Å². The van der Waals surface area contributed by atoms with Crippen LogP contribution in [-0.4, -0.2) is 11.8 Å². The monoisotopic (exact) mass is 286 g/mol. The third-order valence-corrected chi connectivity index (χ3v) is 3.31. The van der Waals surface area contributed by atoms with E-state index in [0.717, 1.165) is 25.7 Å². The first-order valence-corrected chi connectivity index (χ1v) is 7.46. The lowest BCUT2D eigenvalue weighted by Gasteiger charge is -2.09. The number of hydrogen-bond acceptors (Lipinski definition) is 3. The third kappa shape index (κ3) is 6.71. The van der Waals surface area contributed by atoms with Crippen LogP contribution in [0, 0.1) is 17.2 Å². The molecule has 4 heteroatoms. The summed E-state index contributed by atoms with van der Waals surface area (Å²) in [5.74, 6) is -1.11. The van der Waals surface area contributed by atoms with E-state index in [0.29, 0.717) is 12.0 Å². The Morgan fingerprint density at radius 1 is 1.19 bits per heavy atom. The van der Waals surface area contributed by atoms with Crippen LogP contribution in [0.4, 0.5) is 0 Å². The Morgan fingerprint density at radius 3 is 2.52 bits per heavy atom. The second kappa shape index (κ2) is 9.71. The Morgan fingerprint density at radius 2 is 1.90 bits per heavy atom. The van der Waals surface area contributed by atoms with Crippen molar-refractivity contribution in [1.82, 2.24) is 5.32 Å². The van der Waals surface area contributed by atoms with Crippen LogP contribution in [0.25, 0.3) is 0 Å². The van der Waals surface area contributed by atoms with Gasteiger partial charge in [0.25, 0.3) is 5.91 Å². The summed E-state index contributed by atoms with van der Waals surface area (Å²) in [6.45, 7) is 2.13. The fourth-order valence-corrected chi connectivity index (χ4v) is 2.09. The summed E-state index contributed by atoms with van der Waals surface area (Å²) in [5.41, 5.74) is 0.447. The Balaban J connectivity index is 2.37. The second-order valence-electron chi connectivity index (χ2n) is 5.12.